The van der Waals surface area contributed by atoms with Crippen molar-refractivity contribution in [3.05, 3.63) is 96.8 Å². The second-order valence-electron chi connectivity index (χ2n) is 7.84. The lowest BCUT2D eigenvalue weighted by atomic mass is 10.1. The van der Waals surface area contributed by atoms with Crippen LogP contribution in [0, 0.1) is 0 Å². The van der Waals surface area contributed by atoms with Gasteiger partial charge in [0.05, 0.1) is 17.5 Å². The van der Waals surface area contributed by atoms with Gasteiger partial charge < -0.3 is 10.5 Å². The molecular weight excluding hydrogens is 426 g/mol. The van der Waals surface area contributed by atoms with E-state index in [0.29, 0.717) is 39.8 Å². The summed E-state index contributed by atoms with van der Waals surface area (Å²) in [6.45, 7) is 5.86. The SMILES string of the molecule is C=C(C)c1c(Oc2ccc(C=O)cc2)nc2c(-c3ccc(-c4ccccc4)nc3)cnn2c1N. The smallest absolute Gasteiger partial charge is 0.232 e. The molecule has 2 aromatic carbocycles. The number of benzene rings is 2. The quantitative estimate of drug-likeness (QED) is 0.337. The molecule has 3 heterocycles. The van der Waals surface area contributed by atoms with Gasteiger partial charge in [0.2, 0.25) is 5.88 Å². The molecule has 0 saturated carbocycles. The Labute approximate surface area is 196 Å². The third-order valence-corrected chi connectivity index (χ3v) is 5.45. The van der Waals surface area contributed by atoms with Gasteiger partial charge in [0.25, 0.3) is 0 Å². The number of nitrogens with zero attached hydrogens (tertiary/aromatic N) is 4. The van der Waals surface area contributed by atoms with Crippen LogP contribution in [0.5, 0.6) is 11.6 Å². The number of aldehydes is 1. The first-order valence-electron chi connectivity index (χ1n) is 10.6. The van der Waals surface area contributed by atoms with Crippen LogP contribution in [0.25, 0.3) is 33.6 Å². The number of rotatable bonds is 6. The lowest BCUT2D eigenvalue weighted by Crippen LogP contribution is -2.07. The number of nitrogen functional groups attached to an aromatic ring is 1. The zero-order valence-electron chi connectivity index (χ0n) is 18.5. The van der Waals surface area contributed by atoms with Gasteiger partial charge in [-0.2, -0.15) is 14.6 Å². The Morgan fingerprint density at radius 1 is 1.00 bits per heavy atom. The molecule has 0 spiro atoms. The fourth-order valence-electron chi connectivity index (χ4n) is 3.73. The molecule has 0 bridgehead atoms. The minimum absolute atomic E-state index is 0.312. The maximum absolute atomic E-state index is 11.0. The first-order chi connectivity index (χ1) is 16.5. The summed E-state index contributed by atoms with van der Waals surface area (Å²) in [5.41, 5.74) is 12.4. The maximum Gasteiger partial charge on any atom is 0.232 e. The third-order valence-electron chi connectivity index (χ3n) is 5.45. The van der Waals surface area contributed by atoms with Crippen LogP contribution in [0.1, 0.15) is 22.8 Å². The van der Waals surface area contributed by atoms with Crippen LogP contribution in [0.3, 0.4) is 0 Å². The predicted molar refractivity (Wildman–Crippen MR) is 133 cm³/mol. The first kappa shape index (κ1) is 21.1. The van der Waals surface area contributed by atoms with E-state index < -0.39 is 0 Å². The molecule has 0 aliphatic rings. The highest BCUT2D eigenvalue weighted by Crippen LogP contribution is 2.35. The molecule has 0 radical (unpaired) electrons. The van der Waals surface area contributed by atoms with Gasteiger partial charge in [0, 0.05) is 28.5 Å². The average Bonchev–Trinajstić information content (AvgIpc) is 3.29. The van der Waals surface area contributed by atoms with Crippen molar-refractivity contribution in [2.45, 2.75) is 6.92 Å². The van der Waals surface area contributed by atoms with E-state index in [-0.39, 0.29) is 0 Å². The van der Waals surface area contributed by atoms with Crippen molar-refractivity contribution in [3.63, 3.8) is 0 Å². The summed E-state index contributed by atoms with van der Waals surface area (Å²) >= 11 is 0. The second kappa shape index (κ2) is 8.63. The maximum atomic E-state index is 11.0. The Morgan fingerprint density at radius 3 is 2.41 bits per heavy atom. The number of ether oxygens (including phenoxy) is 1. The molecule has 5 aromatic rings. The number of carbonyl (C=O) groups excluding carboxylic acids is 1. The molecule has 0 aliphatic heterocycles. The molecule has 7 nitrogen and oxygen atoms in total. The molecule has 7 heteroatoms. The summed E-state index contributed by atoms with van der Waals surface area (Å²) in [6.07, 6.45) is 4.28. The topological polar surface area (TPSA) is 95.4 Å². The molecule has 3 aromatic heterocycles. The summed E-state index contributed by atoms with van der Waals surface area (Å²) in [7, 11) is 0. The van der Waals surface area contributed by atoms with Gasteiger partial charge in [-0.05, 0) is 42.8 Å². The minimum atomic E-state index is 0.312. The molecular formula is C27H21N5O2. The number of nitrogens with two attached hydrogens (primary N) is 1. The summed E-state index contributed by atoms with van der Waals surface area (Å²) < 4.78 is 7.65. The highest BCUT2D eigenvalue weighted by atomic mass is 16.5. The van der Waals surface area contributed by atoms with Crippen LogP contribution in [-0.2, 0) is 0 Å². The lowest BCUT2D eigenvalue weighted by Gasteiger charge is -2.14. The number of pyridine rings is 1. The Bertz CT molecular complexity index is 1510. The van der Waals surface area contributed by atoms with Crippen LogP contribution in [0.4, 0.5) is 5.82 Å². The van der Waals surface area contributed by atoms with Crippen LogP contribution in [0.2, 0.25) is 0 Å². The van der Waals surface area contributed by atoms with Crippen molar-refractivity contribution in [1.29, 1.82) is 0 Å². The van der Waals surface area contributed by atoms with Crippen LogP contribution < -0.4 is 10.5 Å². The van der Waals surface area contributed by atoms with Crippen molar-refractivity contribution in [1.82, 2.24) is 19.6 Å². The first-order valence-corrected chi connectivity index (χ1v) is 10.6. The van der Waals surface area contributed by atoms with Gasteiger partial charge in [0.15, 0.2) is 5.65 Å². The normalized spacial score (nSPS) is 10.9. The molecule has 0 unspecified atom stereocenters. The van der Waals surface area contributed by atoms with Crippen molar-refractivity contribution in [2.75, 3.05) is 5.73 Å². The number of hydrogen-bond donors (Lipinski definition) is 1. The molecule has 0 atom stereocenters. The van der Waals surface area contributed by atoms with Gasteiger partial charge in [0.1, 0.15) is 17.9 Å². The lowest BCUT2D eigenvalue weighted by molar-refractivity contribution is 0.112. The molecule has 0 fully saturated rings. The number of carbonyl (C=O) groups is 1. The van der Waals surface area contributed by atoms with E-state index >= 15 is 0 Å². The Hall–Kier alpha value is -4.78. The summed E-state index contributed by atoms with van der Waals surface area (Å²) in [5, 5.41) is 4.45. The number of anilines is 1. The molecule has 2 N–H and O–H groups in total. The largest absolute Gasteiger partial charge is 0.438 e. The molecule has 0 saturated heterocycles. The van der Waals surface area contributed by atoms with E-state index in [9.17, 15) is 4.79 Å². The number of fused-ring (bicyclic) bond motifs is 1. The van der Waals surface area contributed by atoms with Gasteiger partial charge >= 0.3 is 0 Å². The van der Waals surface area contributed by atoms with E-state index in [1.165, 1.54) is 0 Å². The van der Waals surface area contributed by atoms with Crippen molar-refractivity contribution >= 4 is 23.3 Å². The Morgan fingerprint density at radius 2 is 1.76 bits per heavy atom. The zero-order valence-corrected chi connectivity index (χ0v) is 18.5. The minimum Gasteiger partial charge on any atom is -0.438 e. The number of aromatic nitrogens is 4. The molecule has 34 heavy (non-hydrogen) atoms. The van der Waals surface area contributed by atoms with Crippen LogP contribution >= 0.6 is 0 Å². The van der Waals surface area contributed by atoms with Crippen molar-refractivity contribution in [3.8, 4) is 34.0 Å². The van der Waals surface area contributed by atoms with Gasteiger partial charge in [-0.1, -0.05) is 43.0 Å². The van der Waals surface area contributed by atoms with Gasteiger partial charge in [-0.25, -0.2) is 0 Å². The second-order valence-corrected chi connectivity index (χ2v) is 7.84. The fourth-order valence-corrected chi connectivity index (χ4v) is 3.73. The predicted octanol–water partition coefficient (Wildman–Crippen LogP) is 5.68. The summed E-state index contributed by atoms with van der Waals surface area (Å²) in [5.74, 6) is 1.21. The Balaban J connectivity index is 1.59. The number of hydrogen-bond acceptors (Lipinski definition) is 6. The van der Waals surface area contributed by atoms with E-state index in [0.717, 1.165) is 28.7 Å². The fraction of sp³-hybridized carbons (Fsp3) is 0.0370. The average molecular weight is 447 g/mol. The van der Waals surface area contributed by atoms with Crippen molar-refractivity contribution < 1.29 is 9.53 Å². The summed E-state index contributed by atoms with van der Waals surface area (Å²) in [4.78, 5) is 20.3. The van der Waals surface area contributed by atoms with Crippen LogP contribution in [0.15, 0.2) is 85.7 Å². The van der Waals surface area contributed by atoms with E-state index in [1.54, 1.807) is 41.2 Å². The standard InChI is InChI=1S/C27H21N5O2/c1-17(2)24-25(28)32-26(31-27(24)34-21-11-8-18(16-33)9-12-21)22(15-30-32)20-10-13-23(29-14-20)19-6-4-3-5-7-19/h3-16H,1,28H2,2H3. The Kier molecular flexibility index (Phi) is 5.35. The summed E-state index contributed by atoms with van der Waals surface area (Å²) in [6, 6.07) is 20.7. The van der Waals surface area contributed by atoms with Gasteiger partial charge in [-0.15, -0.1) is 0 Å². The third kappa shape index (κ3) is 3.80. The van der Waals surface area contributed by atoms with Crippen molar-refractivity contribution in [2.24, 2.45) is 0 Å². The monoisotopic (exact) mass is 447 g/mol. The van der Waals surface area contributed by atoms with Crippen LogP contribution in [-0.4, -0.2) is 25.9 Å². The molecule has 166 valence electrons. The van der Waals surface area contributed by atoms with E-state index in [1.807, 2.05) is 49.4 Å². The zero-order chi connectivity index (χ0) is 23.7. The highest BCUT2D eigenvalue weighted by Gasteiger charge is 2.20. The molecule has 0 amide bonds. The highest BCUT2D eigenvalue weighted by molar-refractivity contribution is 5.83. The molecule has 5 rings (SSSR count). The van der Waals surface area contributed by atoms with Gasteiger partial charge in [-0.3, -0.25) is 9.78 Å². The van der Waals surface area contributed by atoms with E-state index in [4.69, 9.17) is 15.5 Å². The van der Waals surface area contributed by atoms with E-state index in [2.05, 4.69) is 16.7 Å². The molecule has 0 aliphatic carbocycles. The number of allylic oxidation sites excluding steroid dienone is 1.